The van der Waals surface area contributed by atoms with E-state index in [2.05, 4.69) is 11.8 Å². The van der Waals surface area contributed by atoms with E-state index in [1.807, 2.05) is 13.8 Å². The Morgan fingerprint density at radius 1 is 0.842 bits per heavy atom. The minimum Gasteiger partial charge on any atom is -0.395 e. The molecule has 0 aliphatic carbocycles. The molecule has 112 valence electrons. The van der Waals surface area contributed by atoms with Gasteiger partial charge in [0.05, 0.1) is 6.61 Å². The molecular formula is C16H30O3. The maximum atomic E-state index is 8.56. The summed E-state index contributed by atoms with van der Waals surface area (Å²) in [7, 11) is 0. The van der Waals surface area contributed by atoms with Gasteiger partial charge in [0.2, 0.25) is 0 Å². The van der Waals surface area contributed by atoms with E-state index in [0.29, 0.717) is 6.42 Å². The minimum absolute atomic E-state index is 0.0145. The molecule has 0 atom stereocenters. The molecule has 0 radical (unpaired) electrons. The average molecular weight is 270 g/mol. The lowest BCUT2D eigenvalue weighted by Gasteiger charge is -2.16. The lowest BCUT2D eigenvalue weighted by atomic mass is 10.1. The third-order valence-electron chi connectivity index (χ3n) is 2.81. The third-order valence-corrected chi connectivity index (χ3v) is 2.81. The fraction of sp³-hybridized carbons (Fsp3) is 0.875. The van der Waals surface area contributed by atoms with Crippen LogP contribution in [0.5, 0.6) is 0 Å². The first-order chi connectivity index (χ1) is 9.35. The highest BCUT2D eigenvalue weighted by molar-refractivity contribution is 4.98. The fourth-order valence-corrected chi connectivity index (χ4v) is 1.87. The predicted molar refractivity (Wildman–Crippen MR) is 78.8 cm³/mol. The van der Waals surface area contributed by atoms with Crippen LogP contribution in [0.1, 0.15) is 65.2 Å². The van der Waals surface area contributed by atoms with Crippen LogP contribution in [0, 0.1) is 11.8 Å². The zero-order valence-electron chi connectivity index (χ0n) is 12.6. The Bertz CT molecular complexity index is 224. The molecule has 3 heteroatoms. The SMILES string of the molecule is CCOC(CCCCCCCC#CCCO)OCC. The molecule has 0 heterocycles. The quantitative estimate of drug-likeness (QED) is 0.335. The van der Waals surface area contributed by atoms with E-state index in [4.69, 9.17) is 14.6 Å². The Hall–Kier alpha value is -0.560. The lowest BCUT2D eigenvalue weighted by Crippen LogP contribution is -2.17. The molecule has 0 aromatic heterocycles. The molecule has 0 saturated heterocycles. The molecule has 0 aliphatic rings. The predicted octanol–water partition coefficient (Wildman–Crippen LogP) is 3.50. The fourth-order valence-electron chi connectivity index (χ4n) is 1.87. The van der Waals surface area contributed by atoms with Gasteiger partial charge >= 0.3 is 0 Å². The molecule has 3 nitrogen and oxygen atoms in total. The maximum absolute atomic E-state index is 8.56. The van der Waals surface area contributed by atoms with Crippen LogP contribution in [-0.2, 0) is 9.47 Å². The highest BCUT2D eigenvalue weighted by atomic mass is 16.7. The van der Waals surface area contributed by atoms with Crippen molar-refractivity contribution >= 4 is 0 Å². The van der Waals surface area contributed by atoms with Gasteiger partial charge in [-0.15, -0.1) is 11.8 Å². The van der Waals surface area contributed by atoms with Crippen LogP contribution in [0.4, 0.5) is 0 Å². The number of hydrogen-bond acceptors (Lipinski definition) is 3. The largest absolute Gasteiger partial charge is 0.395 e. The summed E-state index contributed by atoms with van der Waals surface area (Å²) in [6, 6.07) is 0. The van der Waals surface area contributed by atoms with Gasteiger partial charge in [-0.2, -0.15) is 0 Å². The van der Waals surface area contributed by atoms with Gasteiger partial charge in [-0.05, 0) is 33.1 Å². The van der Waals surface area contributed by atoms with Crippen LogP contribution in [0.2, 0.25) is 0 Å². The summed E-state index contributed by atoms with van der Waals surface area (Å²) in [5.74, 6) is 6.03. The van der Waals surface area contributed by atoms with E-state index in [0.717, 1.165) is 26.1 Å². The van der Waals surface area contributed by atoms with Crippen LogP contribution in [0.15, 0.2) is 0 Å². The van der Waals surface area contributed by atoms with Crippen molar-refractivity contribution in [2.75, 3.05) is 19.8 Å². The number of rotatable bonds is 12. The van der Waals surface area contributed by atoms with Gasteiger partial charge in [-0.3, -0.25) is 0 Å². The van der Waals surface area contributed by atoms with Crippen molar-refractivity contribution in [3.63, 3.8) is 0 Å². The number of aliphatic hydroxyl groups is 1. The molecule has 19 heavy (non-hydrogen) atoms. The second kappa shape index (κ2) is 15.5. The second-order valence-corrected chi connectivity index (χ2v) is 4.47. The molecule has 0 spiro atoms. The molecule has 0 rings (SSSR count). The molecular weight excluding hydrogens is 240 g/mol. The summed E-state index contributed by atoms with van der Waals surface area (Å²) in [6.07, 6.45) is 8.61. The zero-order chi connectivity index (χ0) is 14.2. The van der Waals surface area contributed by atoms with E-state index in [-0.39, 0.29) is 12.9 Å². The highest BCUT2D eigenvalue weighted by Crippen LogP contribution is 2.11. The smallest absolute Gasteiger partial charge is 0.157 e. The van der Waals surface area contributed by atoms with Gasteiger partial charge < -0.3 is 14.6 Å². The third kappa shape index (κ3) is 13.7. The van der Waals surface area contributed by atoms with E-state index in [9.17, 15) is 0 Å². The summed E-state index contributed by atoms with van der Waals surface area (Å²) in [6.45, 7) is 5.62. The Morgan fingerprint density at radius 2 is 1.42 bits per heavy atom. The second-order valence-electron chi connectivity index (χ2n) is 4.47. The number of hydrogen-bond donors (Lipinski definition) is 1. The van der Waals surface area contributed by atoms with Crippen molar-refractivity contribution in [2.24, 2.45) is 0 Å². The minimum atomic E-state index is -0.0145. The molecule has 0 saturated carbocycles. The Labute approximate surface area is 118 Å². The van der Waals surface area contributed by atoms with Gasteiger partial charge in [0, 0.05) is 26.1 Å². The Morgan fingerprint density at radius 3 is 2.05 bits per heavy atom. The molecule has 0 bridgehead atoms. The summed E-state index contributed by atoms with van der Waals surface area (Å²) in [5.41, 5.74) is 0. The standard InChI is InChI=1S/C16H30O3/c1-3-18-16(19-4-2)14-12-10-8-6-5-7-9-11-13-15-17/h16-17H,3-8,10,12-15H2,1-2H3. The Kier molecular flexibility index (Phi) is 15.0. The molecule has 0 aromatic rings. The van der Waals surface area contributed by atoms with Gasteiger partial charge in [0.25, 0.3) is 0 Å². The van der Waals surface area contributed by atoms with Crippen molar-refractivity contribution in [3.05, 3.63) is 0 Å². The van der Waals surface area contributed by atoms with E-state index >= 15 is 0 Å². The van der Waals surface area contributed by atoms with E-state index < -0.39 is 0 Å². The van der Waals surface area contributed by atoms with E-state index in [1.165, 1.54) is 32.1 Å². The maximum Gasteiger partial charge on any atom is 0.157 e. The summed E-state index contributed by atoms with van der Waals surface area (Å²) >= 11 is 0. The summed E-state index contributed by atoms with van der Waals surface area (Å²) in [4.78, 5) is 0. The van der Waals surface area contributed by atoms with Crippen molar-refractivity contribution in [3.8, 4) is 11.8 Å². The van der Waals surface area contributed by atoms with Gasteiger partial charge in [0.15, 0.2) is 6.29 Å². The van der Waals surface area contributed by atoms with Crippen LogP contribution in [0.3, 0.4) is 0 Å². The van der Waals surface area contributed by atoms with Gasteiger partial charge in [0.1, 0.15) is 0 Å². The van der Waals surface area contributed by atoms with Crippen molar-refractivity contribution < 1.29 is 14.6 Å². The van der Waals surface area contributed by atoms with Crippen LogP contribution >= 0.6 is 0 Å². The van der Waals surface area contributed by atoms with Crippen LogP contribution < -0.4 is 0 Å². The number of ether oxygens (including phenoxy) is 2. The first kappa shape index (κ1) is 18.4. The van der Waals surface area contributed by atoms with Crippen LogP contribution in [-0.4, -0.2) is 31.2 Å². The van der Waals surface area contributed by atoms with Crippen LogP contribution in [0.25, 0.3) is 0 Å². The molecule has 0 amide bonds. The van der Waals surface area contributed by atoms with Gasteiger partial charge in [-0.1, -0.05) is 19.3 Å². The molecule has 0 fully saturated rings. The van der Waals surface area contributed by atoms with Gasteiger partial charge in [-0.25, -0.2) is 0 Å². The monoisotopic (exact) mass is 270 g/mol. The first-order valence-corrected chi connectivity index (χ1v) is 7.64. The molecule has 0 aliphatic heterocycles. The van der Waals surface area contributed by atoms with Crippen molar-refractivity contribution in [2.45, 2.75) is 71.5 Å². The van der Waals surface area contributed by atoms with Crippen molar-refractivity contribution in [1.29, 1.82) is 0 Å². The molecule has 0 unspecified atom stereocenters. The zero-order valence-corrected chi connectivity index (χ0v) is 12.6. The Balaban J connectivity index is 3.32. The lowest BCUT2D eigenvalue weighted by molar-refractivity contribution is -0.140. The average Bonchev–Trinajstić information content (AvgIpc) is 2.41. The summed E-state index contributed by atoms with van der Waals surface area (Å²) < 4.78 is 11.0. The number of unbranched alkanes of at least 4 members (excludes halogenated alkanes) is 5. The van der Waals surface area contributed by atoms with Crippen molar-refractivity contribution in [1.82, 2.24) is 0 Å². The topological polar surface area (TPSA) is 38.7 Å². The first-order valence-electron chi connectivity index (χ1n) is 7.64. The highest BCUT2D eigenvalue weighted by Gasteiger charge is 2.06. The molecule has 0 aromatic carbocycles. The molecule has 1 N–H and O–H groups in total. The van der Waals surface area contributed by atoms with E-state index in [1.54, 1.807) is 0 Å². The summed E-state index contributed by atoms with van der Waals surface area (Å²) in [5, 5.41) is 8.56. The normalized spacial score (nSPS) is 10.5. The number of aliphatic hydroxyl groups excluding tert-OH is 1.